The van der Waals surface area contributed by atoms with Crippen molar-refractivity contribution in [1.29, 1.82) is 0 Å². The maximum atomic E-state index is 3.45. The summed E-state index contributed by atoms with van der Waals surface area (Å²) in [6, 6.07) is 8.54. The summed E-state index contributed by atoms with van der Waals surface area (Å²) >= 11 is 0. The molecule has 0 saturated heterocycles. The number of nitrogens with one attached hydrogen (secondary N) is 2. The van der Waals surface area contributed by atoms with Gasteiger partial charge in [-0.15, -0.1) is 0 Å². The monoisotopic (exact) mass is 232 g/mol. The summed E-state index contributed by atoms with van der Waals surface area (Å²) in [5.41, 5.74) is 4.15. The minimum absolute atomic E-state index is 0.990. The molecule has 2 heterocycles. The highest BCUT2D eigenvalue weighted by molar-refractivity contribution is 5.84. The number of H-pyrrole nitrogens is 1. The number of rotatable bonds is 0. The summed E-state index contributed by atoms with van der Waals surface area (Å²) in [6.07, 6.45) is 1.15. The van der Waals surface area contributed by atoms with Gasteiger partial charge in [0.25, 0.3) is 0 Å². The zero-order valence-electron chi connectivity index (χ0n) is 11.4. The van der Waals surface area contributed by atoms with Crippen LogP contribution in [0.1, 0.15) is 39.0 Å². The van der Waals surface area contributed by atoms with Crippen molar-refractivity contribution in [2.45, 2.75) is 40.7 Å². The minimum atomic E-state index is 0.990. The van der Waals surface area contributed by atoms with E-state index in [4.69, 9.17) is 0 Å². The summed E-state index contributed by atoms with van der Waals surface area (Å²) in [5, 5.41) is 4.77. The van der Waals surface area contributed by atoms with Gasteiger partial charge in [-0.05, 0) is 24.6 Å². The molecule has 0 spiro atoms. The Kier molecular flexibility index (Phi) is 5.78. The van der Waals surface area contributed by atoms with E-state index in [1.165, 1.54) is 22.2 Å². The molecule has 0 fully saturated rings. The first-order valence-electron chi connectivity index (χ1n) is 6.74. The van der Waals surface area contributed by atoms with E-state index in [0.717, 1.165) is 19.5 Å². The van der Waals surface area contributed by atoms with Crippen LogP contribution >= 0.6 is 0 Å². The zero-order valence-corrected chi connectivity index (χ0v) is 11.4. The topological polar surface area (TPSA) is 27.8 Å². The van der Waals surface area contributed by atoms with Crippen LogP contribution in [0.5, 0.6) is 0 Å². The van der Waals surface area contributed by atoms with Gasteiger partial charge in [0.2, 0.25) is 0 Å². The number of fused-ring (bicyclic) bond motifs is 3. The molecule has 1 aliphatic rings. The Labute approximate surface area is 104 Å². The summed E-state index contributed by atoms with van der Waals surface area (Å²) in [6.45, 7) is 10.1. The first kappa shape index (κ1) is 13.8. The molecule has 1 aliphatic heterocycles. The lowest BCUT2D eigenvalue weighted by Gasteiger charge is -2.12. The van der Waals surface area contributed by atoms with Crippen LogP contribution in [0.15, 0.2) is 24.3 Å². The molecular weight excluding hydrogens is 208 g/mol. The quantitative estimate of drug-likeness (QED) is 0.709. The second-order valence-electron chi connectivity index (χ2n) is 3.55. The fourth-order valence-corrected chi connectivity index (χ4v) is 2.12. The number of benzene rings is 1. The van der Waals surface area contributed by atoms with E-state index in [1.807, 2.05) is 27.7 Å². The summed E-state index contributed by atoms with van der Waals surface area (Å²) < 4.78 is 0. The van der Waals surface area contributed by atoms with Crippen LogP contribution in [-0.2, 0) is 13.0 Å². The van der Waals surface area contributed by atoms with Gasteiger partial charge in [-0.2, -0.15) is 0 Å². The molecule has 3 rings (SSSR count). The van der Waals surface area contributed by atoms with Crippen LogP contribution in [0.2, 0.25) is 0 Å². The second-order valence-corrected chi connectivity index (χ2v) is 3.55. The Bertz CT molecular complexity index is 443. The molecule has 17 heavy (non-hydrogen) atoms. The molecule has 0 amide bonds. The molecular formula is C15H24N2. The maximum absolute atomic E-state index is 3.45. The van der Waals surface area contributed by atoms with Gasteiger partial charge in [0.15, 0.2) is 0 Å². The van der Waals surface area contributed by atoms with Gasteiger partial charge in [-0.3, -0.25) is 0 Å². The molecule has 0 aliphatic carbocycles. The van der Waals surface area contributed by atoms with Gasteiger partial charge in [0.1, 0.15) is 0 Å². The summed E-state index contributed by atoms with van der Waals surface area (Å²) in [4.78, 5) is 3.45. The largest absolute Gasteiger partial charge is 0.357 e. The van der Waals surface area contributed by atoms with Crippen molar-refractivity contribution >= 4 is 10.9 Å². The Hall–Kier alpha value is -1.28. The Morgan fingerprint density at radius 1 is 1.00 bits per heavy atom. The van der Waals surface area contributed by atoms with Crippen molar-refractivity contribution in [2.75, 3.05) is 6.54 Å². The lowest BCUT2D eigenvalue weighted by Crippen LogP contribution is -2.22. The van der Waals surface area contributed by atoms with Gasteiger partial charge >= 0.3 is 0 Å². The summed E-state index contributed by atoms with van der Waals surface area (Å²) in [7, 11) is 0. The van der Waals surface area contributed by atoms with E-state index in [2.05, 4.69) is 34.6 Å². The third-order valence-corrected chi connectivity index (χ3v) is 2.76. The van der Waals surface area contributed by atoms with Crippen molar-refractivity contribution < 1.29 is 0 Å². The third-order valence-electron chi connectivity index (χ3n) is 2.76. The molecule has 1 aromatic heterocycles. The Balaban J connectivity index is 0.000000330. The van der Waals surface area contributed by atoms with Crippen molar-refractivity contribution in [3.05, 3.63) is 35.5 Å². The van der Waals surface area contributed by atoms with Crippen LogP contribution in [0.3, 0.4) is 0 Å². The van der Waals surface area contributed by atoms with Crippen LogP contribution in [-0.4, -0.2) is 11.5 Å². The number of aromatic nitrogens is 1. The fourth-order valence-electron chi connectivity index (χ4n) is 2.12. The lowest BCUT2D eigenvalue weighted by molar-refractivity contribution is 0.637. The smallest absolute Gasteiger partial charge is 0.0459 e. The van der Waals surface area contributed by atoms with Crippen LogP contribution < -0.4 is 5.32 Å². The number of hydrogen-bond donors (Lipinski definition) is 2. The molecule has 0 radical (unpaired) electrons. The number of aromatic amines is 1. The second kappa shape index (κ2) is 7.13. The number of para-hydroxylation sites is 1. The van der Waals surface area contributed by atoms with Gasteiger partial charge in [-0.25, -0.2) is 0 Å². The molecule has 0 atom stereocenters. The van der Waals surface area contributed by atoms with Gasteiger partial charge in [0.05, 0.1) is 0 Å². The van der Waals surface area contributed by atoms with Crippen LogP contribution in [0, 0.1) is 0 Å². The highest BCUT2D eigenvalue weighted by Crippen LogP contribution is 2.24. The number of hydrogen-bond acceptors (Lipinski definition) is 1. The van der Waals surface area contributed by atoms with Crippen molar-refractivity contribution in [2.24, 2.45) is 0 Å². The minimum Gasteiger partial charge on any atom is -0.357 e. The van der Waals surface area contributed by atoms with Crippen LogP contribution in [0.4, 0.5) is 0 Å². The standard InChI is InChI=1S/C11H12N2.2C2H6/c1-2-4-10-8(3-1)9-5-6-12-7-11(9)13-10;2*1-2/h1-4,12-13H,5-7H2;2*1-2H3. The fraction of sp³-hybridized carbons (Fsp3) is 0.467. The van der Waals surface area contributed by atoms with Gasteiger partial charge in [0, 0.05) is 23.1 Å². The van der Waals surface area contributed by atoms with E-state index in [-0.39, 0.29) is 0 Å². The average molecular weight is 232 g/mol. The van der Waals surface area contributed by atoms with E-state index < -0.39 is 0 Å². The third kappa shape index (κ3) is 2.89. The average Bonchev–Trinajstić information content (AvgIpc) is 2.82. The normalized spacial score (nSPS) is 12.9. The molecule has 0 saturated carbocycles. The van der Waals surface area contributed by atoms with Gasteiger partial charge in [-0.1, -0.05) is 45.9 Å². The molecule has 2 heteroatoms. The Morgan fingerprint density at radius 2 is 1.71 bits per heavy atom. The highest BCUT2D eigenvalue weighted by atomic mass is 14.9. The molecule has 2 N–H and O–H groups in total. The predicted octanol–water partition coefficient (Wildman–Crippen LogP) is 3.87. The van der Waals surface area contributed by atoms with E-state index in [1.54, 1.807) is 0 Å². The zero-order chi connectivity index (χ0) is 12.7. The first-order valence-corrected chi connectivity index (χ1v) is 6.74. The molecule has 2 aromatic rings. The Morgan fingerprint density at radius 3 is 2.47 bits per heavy atom. The maximum Gasteiger partial charge on any atom is 0.0459 e. The van der Waals surface area contributed by atoms with E-state index in [9.17, 15) is 0 Å². The van der Waals surface area contributed by atoms with Crippen molar-refractivity contribution in [3.8, 4) is 0 Å². The molecule has 0 unspecified atom stereocenters. The predicted molar refractivity (Wildman–Crippen MR) is 76.4 cm³/mol. The first-order chi connectivity index (χ1) is 8.45. The van der Waals surface area contributed by atoms with Crippen LogP contribution in [0.25, 0.3) is 10.9 Å². The highest BCUT2D eigenvalue weighted by Gasteiger charge is 2.13. The van der Waals surface area contributed by atoms with Crippen molar-refractivity contribution in [3.63, 3.8) is 0 Å². The lowest BCUT2D eigenvalue weighted by atomic mass is 10.1. The van der Waals surface area contributed by atoms with Crippen molar-refractivity contribution in [1.82, 2.24) is 10.3 Å². The molecule has 94 valence electrons. The van der Waals surface area contributed by atoms with E-state index in [0.29, 0.717) is 0 Å². The molecule has 1 aromatic carbocycles. The summed E-state index contributed by atoms with van der Waals surface area (Å²) in [5.74, 6) is 0. The molecule has 0 bridgehead atoms. The van der Waals surface area contributed by atoms with E-state index >= 15 is 0 Å². The molecule has 2 nitrogen and oxygen atoms in total. The van der Waals surface area contributed by atoms with Gasteiger partial charge < -0.3 is 10.3 Å². The SMILES string of the molecule is CC.CC.c1ccc2c3c([nH]c2c1)CNCC3.